The minimum Gasteiger partial charge on any atom is -0.481 e. The largest absolute Gasteiger partial charge is 0.481 e. The smallest absolute Gasteiger partial charge is 0.407 e. The van der Waals surface area contributed by atoms with Gasteiger partial charge in [-0.05, 0) is 42.5 Å². The Kier molecular flexibility index (Phi) is 6.17. The fourth-order valence-corrected chi connectivity index (χ4v) is 4.89. The van der Waals surface area contributed by atoms with Crippen molar-refractivity contribution in [3.63, 3.8) is 0 Å². The maximum atomic E-state index is 12.6. The van der Waals surface area contributed by atoms with Crippen LogP contribution in [0.1, 0.15) is 43.7 Å². The molecule has 3 unspecified atom stereocenters. The van der Waals surface area contributed by atoms with E-state index in [1.807, 2.05) is 24.3 Å². The molecule has 1 aliphatic heterocycles. The predicted molar refractivity (Wildman–Crippen MR) is 119 cm³/mol. The van der Waals surface area contributed by atoms with E-state index in [4.69, 9.17) is 4.74 Å². The number of carboxylic acids is 1. The van der Waals surface area contributed by atoms with E-state index in [0.29, 0.717) is 13.0 Å². The topological polar surface area (TPSA) is 95.9 Å². The summed E-state index contributed by atoms with van der Waals surface area (Å²) in [7, 11) is 0. The van der Waals surface area contributed by atoms with Gasteiger partial charge in [-0.1, -0.05) is 48.5 Å². The van der Waals surface area contributed by atoms with Gasteiger partial charge in [-0.3, -0.25) is 9.59 Å². The van der Waals surface area contributed by atoms with Crippen LogP contribution in [0, 0.1) is 5.92 Å². The molecule has 2 aliphatic rings. The van der Waals surface area contributed by atoms with E-state index in [1.165, 1.54) is 0 Å². The highest BCUT2D eigenvalue weighted by molar-refractivity contribution is 5.81. The van der Waals surface area contributed by atoms with E-state index >= 15 is 0 Å². The number of aliphatic carboxylic acids is 1. The Hall–Kier alpha value is -3.35. The third-order valence-electron chi connectivity index (χ3n) is 6.58. The highest BCUT2D eigenvalue weighted by Crippen LogP contribution is 2.44. The van der Waals surface area contributed by atoms with Crippen molar-refractivity contribution in [3.8, 4) is 11.1 Å². The van der Waals surface area contributed by atoms with Gasteiger partial charge in [-0.25, -0.2) is 4.79 Å². The summed E-state index contributed by atoms with van der Waals surface area (Å²) < 4.78 is 5.53. The third-order valence-corrected chi connectivity index (χ3v) is 6.58. The van der Waals surface area contributed by atoms with Crippen LogP contribution in [0.25, 0.3) is 11.1 Å². The van der Waals surface area contributed by atoms with Crippen LogP contribution in [0.2, 0.25) is 0 Å². The molecular weight excluding hydrogens is 408 g/mol. The molecule has 1 fully saturated rings. The number of nitrogens with zero attached hydrogens (tertiary/aromatic N) is 1. The summed E-state index contributed by atoms with van der Waals surface area (Å²) in [4.78, 5) is 37.9. The zero-order chi connectivity index (χ0) is 22.8. The molecule has 0 spiro atoms. The lowest BCUT2D eigenvalue weighted by atomic mass is 9.98. The van der Waals surface area contributed by atoms with Crippen molar-refractivity contribution in [1.29, 1.82) is 0 Å². The number of carbonyl (C=O) groups excluding carboxylic acids is 2. The second-order valence-corrected chi connectivity index (χ2v) is 8.64. The maximum absolute atomic E-state index is 12.6. The number of alkyl carbamates (subject to hydrolysis) is 1. The first-order valence-corrected chi connectivity index (χ1v) is 11.0. The van der Waals surface area contributed by atoms with Crippen molar-refractivity contribution in [1.82, 2.24) is 10.2 Å². The van der Waals surface area contributed by atoms with Crippen molar-refractivity contribution in [3.05, 3.63) is 59.7 Å². The molecule has 1 aliphatic carbocycles. The van der Waals surface area contributed by atoms with Gasteiger partial charge >= 0.3 is 12.1 Å². The summed E-state index contributed by atoms with van der Waals surface area (Å²) in [6, 6.07) is 15.5. The van der Waals surface area contributed by atoms with E-state index in [2.05, 4.69) is 29.6 Å². The van der Waals surface area contributed by atoms with Crippen LogP contribution in [0.4, 0.5) is 4.79 Å². The molecule has 4 rings (SSSR count). The first-order chi connectivity index (χ1) is 15.4. The number of likely N-dealkylation sites (tertiary alicyclic amines) is 1. The van der Waals surface area contributed by atoms with E-state index in [-0.39, 0.29) is 30.9 Å². The minimum absolute atomic E-state index is 0.0245. The minimum atomic E-state index is -0.877. The summed E-state index contributed by atoms with van der Waals surface area (Å²) in [6.07, 6.45) is -0.0119. The number of hydrogen-bond acceptors (Lipinski definition) is 4. The Labute approximate surface area is 187 Å². The third kappa shape index (κ3) is 4.20. The van der Waals surface area contributed by atoms with Crippen LogP contribution in [0.3, 0.4) is 0 Å². The van der Waals surface area contributed by atoms with Gasteiger partial charge in [0.05, 0.1) is 5.92 Å². The molecule has 0 radical (unpaired) electrons. The first kappa shape index (κ1) is 21.9. The number of amides is 2. The van der Waals surface area contributed by atoms with Gasteiger partial charge < -0.3 is 20.1 Å². The Morgan fingerprint density at radius 3 is 2.25 bits per heavy atom. The normalized spacial score (nSPS) is 20.4. The predicted octanol–water partition coefficient (Wildman–Crippen LogP) is 3.63. The molecule has 3 atom stereocenters. The zero-order valence-electron chi connectivity index (χ0n) is 18.3. The first-order valence-electron chi connectivity index (χ1n) is 11.0. The molecule has 0 saturated carbocycles. The van der Waals surface area contributed by atoms with Gasteiger partial charge in [0.1, 0.15) is 6.61 Å². The Morgan fingerprint density at radius 2 is 1.69 bits per heavy atom. The molecule has 2 amide bonds. The van der Waals surface area contributed by atoms with Crippen molar-refractivity contribution < 1.29 is 24.2 Å². The lowest BCUT2D eigenvalue weighted by molar-refractivity contribution is -0.143. The summed E-state index contributed by atoms with van der Waals surface area (Å²) in [5, 5.41) is 12.0. The monoisotopic (exact) mass is 436 g/mol. The fourth-order valence-electron chi connectivity index (χ4n) is 4.89. The van der Waals surface area contributed by atoms with Crippen LogP contribution in [-0.2, 0) is 14.3 Å². The molecule has 7 nitrogen and oxygen atoms in total. The van der Waals surface area contributed by atoms with Crippen LogP contribution in [0.15, 0.2) is 48.5 Å². The zero-order valence-corrected chi connectivity index (χ0v) is 18.3. The SMILES string of the molecule is CC(CC(=O)N1CCC(C(=O)O)C1C)NC(=O)OCC1c2ccccc2-c2ccccc21. The van der Waals surface area contributed by atoms with Crippen molar-refractivity contribution >= 4 is 18.0 Å². The molecule has 7 heteroatoms. The molecule has 0 aromatic heterocycles. The van der Waals surface area contributed by atoms with Crippen LogP contribution in [0.5, 0.6) is 0 Å². The van der Waals surface area contributed by atoms with E-state index < -0.39 is 24.0 Å². The molecule has 2 N–H and O–H groups in total. The van der Waals surface area contributed by atoms with Crippen LogP contribution < -0.4 is 5.32 Å². The quantitative estimate of drug-likeness (QED) is 0.721. The van der Waals surface area contributed by atoms with Gasteiger partial charge in [0.25, 0.3) is 0 Å². The fraction of sp³-hybridized carbons (Fsp3) is 0.400. The molecule has 1 heterocycles. The molecule has 2 aromatic rings. The second-order valence-electron chi connectivity index (χ2n) is 8.64. The van der Waals surface area contributed by atoms with Crippen LogP contribution >= 0.6 is 0 Å². The number of nitrogens with one attached hydrogen (secondary N) is 1. The van der Waals surface area contributed by atoms with Gasteiger partial charge in [0.2, 0.25) is 5.91 Å². The Bertz CT molecular complexity index is 991. The average molecular weight is 437 g/mol. The number of rotatable bonds is 6. The molecule has 168 valence electrons. The van der Waals surface area contributed by atoms with Crippen LogP contribution in [-0.4, -0.2) is 53.2 Å². The number of fused-ring (bicyclic) bond motifs is 3. The van der Waals surface area contributed by atoms with E-state index in [0.717, 1.165) is 22.3 Å². The van der Waals surface area contributed by atoms with Gasteiger partial charge in [0, 0.05) is 31.0 Å². The molecule has 1 saturated heterocycles. The molecular formula is C25H28N2O5. The van der Waals surface area contributed by atoms with Crippen molar-refractivity contribution in [2.24, 2.45) is 5.92 Å². The summed E-state index contributed by atoms with van der Waals surface area (Å²) in [6.45, 7) is 4.14. The lowest BCUT2D eigenvalue weighted by Crippen LogP contribution is -2.42. The van der Waals surface area contributed by atoms with E-state index in [9.17, 15) is 19.5 Å². The standard InChI is InChI=1S/C25H28N2O5/c1-15(13-23(28)27-12-11-17(16(27)2)24(29)30)26-25(31)32-14-22-20-9-5-3-7-18(20)19-8-4-6-10-21(19)22/h3-10,15-17,22H,11-14H2,1-2H3,(H,26,31)(H,29,30). The summed E-state index contributed by atoms with van der Waals surface area (Å²) in [5.41, 5.74) is 4.60. The van der Waals surface area contributed by atoms with Gasteiger partial charge in [-0.15, -0.1) is 0 Å². The van der Waals surface area contributed by atoms with E-state index in [1.54, 1.807) is 18.7 Å². The average Bonchev–Trinajstić information content (AvgIpc) is 3.30. The summed E-state index contributed by atoms with van der Waals surface area (Å²) >= 11 is 0. The Morgan fingerprint density at radius 1 is 1.09 bits per heavy atom. The number of carbonyl (C=O) groups is 3. The van der Waals surface area contributed by atoms with Crippen molar-refractivity contribution in [2.45, 2.75) is 44.7 Å². The number of hydrogen-bond donors (Lipinski definition) is 2. The maximum Gasteiger partial charge on any atom is 0.407 e. The number of ether oxygens (including phenoxy) is 1. The highest BCUT2D eigenvalue weighted by atomic mass is 16.5. The second kappa shape index (κ2) is 9.02. The Balaban J connectivity index is 1.31. The highest BCUT2D eigenvalue weighted by Gasteiger charge is 2.38. The summed E-state index contributed by atoms with van der Waals surface area (Å²) in [5.74, 6) is -1.60. The molecule has 0 bridgehead atoms. The molecule has 2 aromatic carbocycles. The lowest BCUT2D eigenvalue weighted by Gasteiger charge is -2.25. The number of carboxylic acid groups (broad SMARTS) is 1. The number of benzene rings is 2. The van der Waals surface area contributed by atoms with Gasteiger partial charge in [0.15, 0.2) is 0 Å². The van der Waals surface area contributed by atoms with Gasteiger partial charge in [-0.2, -0.15) is 0 Å². The molecule has 32 heavy (non-hydrogen) atoms. The van der Waals surface area contributed by atoms with Crippen molar-refractivity contribution in [2.75, 3.05) is 13.2 Å².